The second-order valence-corrected chi connectivity index (χ2v) is 9.37. The van der Waals surface area contributed by atoms with Gasteiger partial charge in [0.05, 0.1) is 5.69 Å². The van der Waals surface area contributed by atoms with Crippen LogP contribution in [0.15, 0.2) is 42.5 Å². The highest BCUT2D eigenvalue weighted by Crippen LogP contribution is 2.27. The molecule has 36 heavy (non-hydrogen) atoms. The van der Waals surface area contributed by atoms with E-state index in [1.807, 2.05) is 45.0 Å². The lowest BCUT2D eigenvalue weighted by atomic mass is 10.1. The fourth-order valence-corrected chi connectivity index (χ4v) is 4.39. The molecule has 0 saturated heterocycles. The van der Waals surface area contributed by atoms with Gasteiger partial charge in [0.25, 0.3) is 5.91 Å². The van der Waals surface area contributed by atoms with Gasteiger partial charge in [-0.25, -0.2) is 0 Å². The summed E-state index contributed by atoms with van der Waals surface area (Å²) in [6.45, 7) is 13.9. The van der Waals surface area contributed by atoms with E-state index in [4.69, 9.17) is 16.3 Å². The fraction of sp³-hybridized carbons (Fsp3) is 0.321. The van der Waals surface area contributed by atoms with Crippen molar-refractivity contribution in [3.05, 3.63) is 69.7 Å². The zero-order chi connectivity index (χ0) is 26.0. The third-order valence-electron chi connectivity index (χ3n) is 6.30. The summed E-state index contributed by atoms with van der Waals surface area (Å²) in [5.41, 5.74) is 8.07. The fourth-order valence-electron chi connectivity index (χ4n) is 4.28. The van der Waals surface area contributed by atoms with Gasteiger partial charge in [0.2, 0.25) is 0 Å². The number of fused-ring (bicyclic) bond motifs is 1. The predicted octanol–water partition coefficient (Wildman–Crippen LogP) is 6.17. The molecule has 0 saturated carbocycles. The first kappa shape index (κ1) is 25.5. The monoisotopic (exact) mass is 505 g/mol. The van der Waals surface area contributed by atoms with Crippen molar-refractivity contribution in [2.45, 2.75) is 41.5 Å². The Bertz CT molecular complexity index is 1400. The van der Waals surface area contributed by atoms with Crippen LogP contribution in [-0.2, 0) is 4.79 Å². The van der Waals surface area contributed by atoms with Gasteiger partial charge < -0.3 is 15.0 Å². The van der Waals surface area contributed by atoms with Crippen LogP contribution in [0.1, 0.15) is 36.1 Å². The average Bonchev–Trinajstić information content (AvgIpc) is 3.24. The van der Waals surface area contributed by atoms with Gasteiger partial charge in [0.15, 0.2) is 6.61 Å². The minimum absolute atomic E-state index is 0.108. The molecule has 0 bridgehead atoms. The molecule has 1 aromatic heterocycles. The van der Waals surface area contributed by atoms with Crippen LogP contribution in [-0.4, -0.2) is 40.6 Å². The molecule has 1 heterocycles. The summed E-state index contributed by atoms with van der Waals surface area (Å²) in [6, 6.07) is 13.8. The number of nitrogens with zero attached hydrogens (tertiary/aromatic N) is 4. The Kier molecular flexibility index (Phi) is 7.50. The van der Waals surface area contributed by atoms with Gasteiger partial charge >= 0.3 is 0 Å². The summed E-state index contributed by atoms with van der Waals surface area (Å²) in [5, 5.41) is 13.0. The molecule has 188 valence electrons. The smallest absolute Gasteiger partial charge is 0.262 e. The maximum Gasteiger partial charge on any atom is 0.262 e. The highest BCUT2D eigenvalue weighted by molar-refractivity contribution is 6.32. The van der Waals surface area contributed by atoms with E-state index in [1.54, 1.807) is 4.80 Å². The number of carbonyl (C=O) groups is 1. The Morgan fingerprint density at radius 1 is 0.917 bits per heavy atom. The molecule has 7 nitrogen and oxygen atoms in total. The minimum Gasteiger partial charge on any atom is -0.484 e. The quantitative estimate of drug-likeness (QED) is 0.310. The van der Waals surface area contributed by atoms with E-state index in [2.05, 4.69) is 59.4 Å². The number of amides is 1. The molecule has 0 fully saturated rings. The summed E-state index contributed by atoms with van der Waals surface area (Å²) in [5.74, 6) is 0.361. The van der Waals surface area contributed by atoms with Gasteiger partial charge in [-0.3, -0.25) is 4.79 Å². The number of rotatable bonds is 8. The summed E-state index contributed by atoms with van der Waals surface area (Å²) in [4.78, 5) is 16.6. The number of nitrogens with one attached hydrogen (secondary N) is 1. The molecule has 0 spiro atoms. The molecule has 0 atom stereocenters. The Labute approximate surface area is 217 Å². The van der Waals surface area contributed by atoms with Gasteiger partial charge in [-0.15, -0.1) is 10.2 Å². The second kappa shape index (κ2) is 10.6. The first-order chi connectivity index (χ1) is 17.2. The molecule has 1 amide bonds. The summed E-state index contributed by atoms with van der Waals surface area (Å²) in [7, 11) is 0. The number of aromatic nitrogens is 3. The topological polar surface area (TPSA) is 72.3 Å². The molecule has 0 unspecified atom stereocenters. The number of hydrogen-bond donors (Lipinski definition) is 1. The predicted molar refractivity (Wildman–Crippen MR) is 147 cm³/mol. The highest BCUT2D eigenvalue weighted by Gasteiger charge is 2.14. The number of hydrogen-bond acceptors (Lipinski definition) is 5. The number of anilines is 2. The largest absolute Gasteiger partial charge is 0.484 e. The third-order valence-corrected chi connectivity index (χ3v) is 6.90. The molecular formula is C28H32ClN5O2. The van der Waals surface area contributed by atoms with Gasteiger partial charge in [0, 0.05) is 29.5 Å². The Morgan fingerprint density at radius 2 is 1.56 bits per heavy atom. The molecule has 3 aromatic carbocycles. The SMILES string of the molecule is CCN(CC)c1ccc(-n2nc3cc(C)c(NC(=O)COc4cc(C)c(Cl)c(C)c4)cc3n2)c(C)c1. The molecule has 0 aliphatic carbocycles. The van der Waals surface area contributed by atoms with E-state index in [0.29, 0.717) is 22.0 Å². The second-order valence-electron chi connectivity index (χ2n) is 9.00. The number of benzene rings is 3. The summed E-state index contributed by atoms with van der Waals surface area (Å²) >= 11 is 6.22. The van der Waals surface area contributed by atoms with Crippen LogP contribution in [0.3, 0.4) is 0 Å². The van der Waals surface area contributed by atoms with Crippen LogP contribution >= 0.6 is 11.6 Å². The lowest BCUT2D eigenvalue weighted by Gasteiger charge is -2.22. The van der Waals surface area contributed by atoms with Crippen molar-refractivity contribution in [1.29, 1.82) is 0 Å². The molecule has 4 rings (SSSR count). The number of carbonyl (C=O) groups excluding carboxylic acids is 1. The normalized spacial score (nSPS) is 11.1. The van der Waals surface area contributed by atoms with Crippen LogP contribution in [0.4, 0.5) is 11.4 Å². The van der Waals surface area contributed by atoms with E-state index >= 15 is 0 Å². The first-order valence-corrected chi connectivity index (χ1v) is 12.5. The molecule has 8 heteroatoms. The Hall–Kier alpha value is -3.58. The Morgan fingerprint density at radius 3 is 2.17 bits per heavy atom. The van der Waals surface area contributed by atoms with Gasteiger partial charge in [-0.05, 0) is 106 Å². The van der Waals surface area contributed by atoms with Crippen molar-refractivity contribution in [2.75, 3.05) is 29.9 Å². The van der Waals surface area contributed by atoms with E-state index < -0.39 is 0 Å². The van der Waals surface area contributed by atoms with E-state index in [0.717, 1.165) is 46.5 Å². The first-order valence-electron chi connectivity index (χ1n) is 12.1. The molecule has 0 radical (unpaired) electrons. The maximum absolute atomic E-state index is 12.6. The van der Waals surface area contributed by atoms with Crippen molar-refractivity contribution < 1.29 is 9.53 Å². The zero-order valence-corrected chi connectivity index (χ0v) is 22.4. The average molecular weight is 506 g/mol. The zero-order valence-electron chi connectivity index (χ0n) is 21.6. The molecule has 0 aliphatic rings. The van der Waals surface area contributed by atoms with Crippen molar-refractivity contribution in [3.63, 3.8) is 0 Å². The van der Waals surface area contributed by atoms with Gasteiger partial charge in [-0.1, -0.05) is 11.6 Å². The van der Waals surface area contributed by atoms with Crippen LogP contribution in [0, 0.1) is 27.7 Å². The van der Waals surface area contributed by atoms with E-state index in [-0.39, 0.29) is 12.5 Å². The van der Waals surface area contributed by atoms with Crippen molar-refractivity contribution >= 4 is 39.9 Å². The molecule has 4 aromatic rings. The summed E-state index contributed by atoms with van der Waals surface area (Å²) < 4.78 is 5.70. The maximum atomic E-state index is 12.6. The Balaban J connectivity index is 1.51. The number of halogens is 1. The van der Waals surface area contributed by atoms with Crippen molar-refractivity contribution in [1.82, 2.24) is 15.0 Å². The van der Waals surface area contributed by atoms with Crippen molar-refractivity contribution in [3.8, 4) is 11.4 Å². The molecule has 1 N–H and O–H groups in total. The van der Waals surface area contributed by atoms with Crippen LogP contribution < -0.4 is 15.0 Å². The van der Waals surface area contributed by atoms with Crippen LogP contribution in [0.5, 0.6) is 5.75 Å². The number of ether oxygens (including phenoxy) is 1. The van der Waals surface area contributed by atoms with Crippen molar-refractivity contribution in [2.24, 2.45) is 0 Å². The lowest BCUT2D eigenvalue weighted by Crippen LogP contribution is -2.21. The van der Waals surface area contributed by atoms with E-state index in [9.17, 15) is 4.79 Å². The highest BCUT2D eigenvalue weighted by atomic mass is 35.5. The van der Waals surface area contributed by atoms with Crippen LogP contribution in [0.2, 0.25) is 5.02 Å². The number of aryl methyl sites for hydroxylation is 4. The third kappa shape index (κ3) is 5.31. The molecular weight excluding hydrogens is 474 g/mol. The summed E-state index contributed by atoms with van der Waals surface area (Å²) in [6.07, 6.45) is 0. The van der Waals surface area contributed by atoms with Crippen LogP contribution in [0.25, 0.3) is 16.7 Å². The standard InChI is InChI=1S/C28H32ClN5O2/c1-7-33(8-2)21-9-10-26(18(4)11-21)34-31-24-14-17(3)23(15-25(24)32-34)30-27(35)16-36-22-12-19(5)28(29)20(6)13-22/h9-15H,7-8,16H2,1-6H3,(H,30,35). The minimum atomic E-state index is -0.252. The van der Waals surface area contributed by atoms with Gasteiger partial charge in [-0.2, -0.15) is 4.80 Å². The van der Waals surface area contributed by atoms with E-state index in [1.165, 1.54) is 5.69 Å². The lowest BCUT2D eigenvalue weighted by molar-refractivity contribution is -0.118. The van der Waals surface area contributed by atoms with Gasteiger partial charge in [0.1, 0.15) is 16.8 Å². The molecule has 0 aliphatic heterocycles.